The van der Waals surface area contributed by atoms with Crippen molar-refractivity contribution in [1.29, 1.82) is 0 Å². The first-order chi connectivity index (χ1) is 13.0. The second kappa shape index (κ2) is 11.4. The van der Waals surface area contributed by atoms with Gasteiger partial charge in [0, 0.05) is 54.0 Å². The van der Waals surface area contributed by atoms with E-state index in [1.165, 1.54) is 5.56 Å². The summed E-state index contributed by atoms with van der Waals surface area (Å²) in [4.78, 5) is 6.73. The molecule has 1 fully saturated rings. The minimum Gasteiger partial charge on any atom is -0.355 e. The van der Waals surface area contributed by atoms with Gasteiger partial charge in [-0.1, -0.05) is 43.7 Å². The smallest absolute Gasteiger partial charge is 0.191 e. The molecule has 152 valence electrons. The largest absolute Gasteiger partial charge is 0.355 e. The molecule has 1 aliphatic carbocycles. The van der Waals surface area contributed by atoms with Crippen LogP contribution in [-0.4, -0.2) is 58.8 Å². The number of nitrogens with one attached hydrogen (secondary N) is 2. The predicted octanol–water partition coefficient (Wildman–Crippen LogP) is 2.75. The van der Waals surface area contributed by atoms with E-state index in [1.807, 2.05) is 14.0 Å². The fourth-order valence-corrected chi connectivity index (χ4v) is 4.91. The Kier molecular flexibility index (Phi) is 9.28. The number of aliphatic imine (C=N–C) groups is 1. The molecule has 4 unspecified atom stereocenters. The van der Waals surface area contributed by atoms with Crippen molar-refractivity contribution in [1.82, 2.24) is 15.5 Å². The summed E-state index contributed by atoms with van der Waals surface area (Å²) < 4.78 is 12.1. The van der Waals surface area contributed by atoms with Gasteiger partial charge in [-0.2, -0.15) is 0 Å². The molecule has 0 aliphatic heterocycles. The summed E-state index contributed by atoms with van der Waals surface area (Å²) in [7, 11) is 3.28. The molecule has 1 aliphatic rings. The van der Waals surface area contributed by atoms with Crippen LogP contribution in [0.2, 0.25) is 0 Å². The third-order valence-electron chi connectivity index (χ3n) is 5.44. The molecule has 0 amide bonds. The molecule has 27 heavy (non-hydrogen) atoms. The molecule has 5 nitrogen and oxygen atoms in total. The Labute approximate surface area is 167 Å². The molecule has 4 atom stereocenters. The second-order valence-electron chi connectivity index (χ2n) is 7.50. The number of guanidine groups is 1. The lowest BCUT2D eigenvalue weighted by molar-refractivity contribution is 0.249. The third-order valence-corrected chi connectivity index (χ3v) is 7.18. The first-order valence-corrected chi connectivity index (χ1v) is 11.5. The molecular formula is C21H36N4OS. The van der Waals surface area contributed by atoms with Gasteiger partial charge in [0.15, 0.2) is 5.96 Å². The van der Waals surface area contributed by atoms with Gasteiger partial charge in [-0.3, -0.25) is 14.1 Å². The summed E-state index contributed by atoms with van der Waals surface area (Å²) in [6.45, 7) is 6.01. The number of benzene rings is 1. The minimum absolute atomic E-state index is 0.329. The third kappa shape index (κ3) is 7.26. The maximum absolute atomic E-state index is 12.1. The summed E-state index contributed by atoms with van der Waals surface area (Å²) >= 11 is 0. The Bertz CT molecular complexity index is 607. The zero-order valence-corrected chi connectivity index (χ0v) is 18.1. The molecule has 6 heteroatoms. The van der Waals surface area contributed by atoms with Gasteiger partial charge >= 0.3 is 0 Å². The topological polar surface area (TPSA) is 56.7 Å². The van der Waals surface area contributed by atoms with E-state index in [0.717, 1.165) is 50.5 Å². The number of nitrogens with zero attached hydrogens (tertiary/aromatic N) is 2. The molecule has 2 rings (SSSR count). The highest BCUT2D eigenvalue weighted by atomic mass is 32.2. The fraction of sp³-hybridized carbons (Fsp3) is 0.667. The van der Waals surface area contributed by atoms with Crippen LogP contribution in [0.5, 0.6) is 0 Å². The van der Waals surface area contributed by atoms with Gasteiger partial charge < -0.3 is 10.6 Å². The van der Waals surface area contributed by atoms with Crippen LogP contribution >= 0.6 is 0 Å². The second-order valence-corrected chi connectivity index (χ2v) is 9.51. The SMILES string of the molecule is CCS(=O)C1CCCC(NC(=NC)NCC(C)N(C)Cc2ccccc2)C1. The van der Waals surface area contributed by atoms with E-state index in [9.17, 15) is 4.21 Å². The molecule has 0 aromatic heterocycles. The fourth-order valence-electron chi connectivity index (χ4n) is 3.57. The molecule has 1 aromatic rings. The van der Waals surface area contributed by atoms with Gasteiger partial charge in [0.05, 0.1) is 0 Å². The average Bonchev–Trinajstić information content (AvgIpc) is 2.71. The summed E-state index contributed by atoms with van der Waals surface area (Å²) in [5, 5.41) is 7.34. The summed E-state index contributed by atoms with van der Waals surface area (Å²) in [5.74, 6) is 1.61. The van der Waals surface area contributed by atoms with Gasteiger partial charge in [-0.15, -0.1) is 0 Å². The van der Waals surface area contributed by atoms with Gasteiger partial charge in [-0.05, 0) is 38.8 Å². The molecule has 0 saturated heterocycles. The van der Waals surface area contributed by atoms with E-state index in [0.29, 0.717) is 17.3 Å². The van der Waals surface area contributed by atoms with Crippen molar-refractivity contribution in [3.63, 3.8) is 0 Å². The molecular weight excluding hydrogens is 356 g/mol. The highest BCUT2D eigenvalue weighted by molar-refractivity contribution is 7.85. The zero-order chi connectivity index (χ0) is 19.6. The van der Waals surface area contributed by atoms with E-state index >= 15 is 0 Å². The monoisotopic (exact) mass is 392 g/mol. The quantitative estimate of drug-likeness (QED) is 0.528. The normalized spacial score (nSPS) is 23.1. The van der Waals surface area contributed by atoms with Crippen LogP contribution < -0.4 is 10.6 Å². The van der Waals surface area contributed by atoms with E-state index in [1.54, 1.807) is 0 Å². The highest BCUT2D eigenvalue weighted by Crippen LogP contribution is 2.22. The molecule has 0 spiro atoms. The number of rotatable bonds is 8. The van der Waals surface area contributed by atoms with Crippen LogP contribution in [0.3, 0.4) is 0 Å². The van der Waals surface area contributed by atoms with Gasteiger partial charge in [-0.25, -0.2) is 0 Å². The Morgan fingerprint density at radius 1 is 1.33 bits per heavy atom. The van der Waals surface area contributed by atoms with Crippen molar-refractivity contribution in [3.05, 3.63) is 35.9 Å². The first kappa shape index (κ1) is 21.9. The van der Waals surface area contributed by atoms with Gasteiger partial charge in [0.2, 0.25) is 0 Å². The van der Waals surface area contributed by atoms with Gasteiger partial charge in [0.25, 0.3) is 0 Å². The number of hydrogen-bond donors (Lipinski definition) is 2. The molecule has 0 radical (unpaired) electrons. The predicted molar refractivity (Wildman–Crippen MR) is 117 cm³/mol. The molecule has 1 saturated carbocycles. The van der Waals surface area contributed by atoms with E-state index in [2.05, 4.69) is 64.8 Å². The lowest BCUT2D eigenvalue weighted by Gasteiger charge is -2.31. The summed E-state index contributed by atoms with van der Waals surface area (Å²) in [6.07, 6.45) is 4.33. The summed E-state index contributed by atoms with van der Waals surface area (Å²) in [6, 6.07) is 11.3. The van der Waals surface area contributed by atoms with Crippen molar-refractivity contribution >= 4 is 16.8 Å². The number of hydrogen-bond acceptors (Lipinski definition) is 3. The van der Waals surface area contributed by atoms with Crippen LogP contribution in [-0.2, 0) is 17.3 Å². The van der Waals surface area contributed by atoms with E-state index in [4.69, 9.17) is 0 Å². The highest BCUT2D eigenvalue weighted by Gasteiger charge is 2.26. The van der Waals surface area contributed by atoms with E-state index in [-0.39, 0.29) is 0 Å². The Morgan fingerprint density at radius 2 is 2.07 bits per heavy atom. The Hall–Kier alpha value is -1.40. The minimum atomic E-state index is -0.695. The molecule has 1 aromatic carbocycles. The van der Waals surface area contributed by atoms with Crippen molar-refractivity contribution in [2.45, 2.75) is 63.4 Å². The molecule has 2 N–H and O–H groups in total. The Morgan fingerprint density at radius 3 is 2.74 bits per heavy atom. The van der Waals surface area contributed by atoms with Crippen molar-refractivity contribution in [2.24, 2.45) is 4.99 Å². The molecule has 0 bridgehead atoms. The van der Waals surface area contributed by atoms with Gasteiger partial charge in [0.1, 0.15) is 0 Å². The van der Waals surface area contributed by atoms with Crippen molar-refractivity contribution in [2.75, 3.05) is 26.4 Å². The lowest BCUT2D eigenvalue weighted by Crippen LogP contribution is -2.49. The lowest BCUT2D eigenvalue weighted by atomic mass is 9.95. The average molecular weight is 393 g/mol. The summed E-state index contributed by atoms with van der Waals surface area (Å²) in [5.41, 5.74) is 1.33. The van der Waals surface area contributed by atoms with Crippen LogP contribution in [0.25, 0.3) is 0 Å². The Balaban J connectivity index is 1.78. The first-order valence-electron chi connectivity index (χ1n) is 10.1. The van der Waals surface area contributed by atoms with Crippen molar-refractivity contribution in [3.8, 4) is 0 Å². The zero-order valence-electron chi connectivity index (χ0n) is 17.3. The van der Waals surface area contributed by atoms with Crippen LogP contribution in [0.4, 0.5) is 0 Å². The maximum atomic E-state index is 12.1. The van der Waals surface area contributed by atoms with Crippen molar-refractivity contribution < 1.29 is 4.21 Å². The molecule has 0 heterocycles. The maximum Gasteiger partial charge on any atom is 0.191 e. The van der Waals surface area contributed by atoms with Crippen LogP contribution in [0, 0.1) is 0 Å². The van der Waals surface area contributed by atoms with E-state index < -0.39 is 10.8 Å². The van der Waals surface area contributed by atoms with Crippen LogP contribution in [0.1, 0.15) is 45.1 Å². The number of likely N-dealkylation sites (N-methyl/N-ethyl adjacent to an activating group) is 1. The van der Waals surface area contributed by atoms with Crippen LogP contribution in [0.15, 0.2) is 35.3 Å². The standard InChI is InChI=1S/C21H36N4OS/c1-5-27(26)20-13-9-12-19(14-20)24-21(22-3)23-15-17(2)25(4)16-18-10-7-6-8-11-18/h6-8,10-11,17,19-20H,5,9,12-16H2,1-4H3,(H2,22,23,24).